The number of piperazine rings is 1. The number of carbonyl (C=O) groups excluding carboxylic acids is 1. The summed E-state index contributed by atoms with van der Waals surface area (Å²) < 4.78 is 0. The van der Waals surface area contributed by atoms with Gasteiger partial charge in [0, 0.05) is 38.9 Å². The standard InChI is InChI=1S/C17H21N3O2/c21-16(14-5-2-1-3-6-14)13-19-9-11-20(12-10-19)17(22)15-7-4-8-18-15/h1-8,16,18,21H,9-13H2/t16-/m0/s1. The largest absolute Gasteiger partial charge is 0.387 e. The fraction of sp³-hybridized carbons (Fsp3) is 0.353. The number of β-amino-alcohol motifs (C(OH)–C–C–N with tert-alkyl or cyclic N) is 1. The van der Waals surface area contributed by atoms with E-state index in [4.69, 9.17) is 0 Å². The van der Waals surface area contributed by atoms with Crippen LogP contribution in [0, 0.1) is 0 Å². The quantitative estimate of drug-likeness (QED) is 0.899. The van der Waals surface area contributed by atoms with Gasteiger partial charge in [-0.15, -0.1) is 0 Å². The Morgan fingerprint density at radius 3 is 2.45 bits per heavy atom. The number of aromatic amines is 1. The molecule has 0 bridgehead atoms. The second-order valence-electron chi connectivity index (χ2n) is 5.60. The van der Waals surface area contributed by atoms with Crippen molar-refractivity contribution in [2.75, 3.05) is 32.7 Å². The van der Waals surface area contributed by atoms with Crippen LogP contribution >= 0.6 is 0 Å². The Morgan fingerprint density at radius 1 is 1.09 bits per heavy atom. The summed E-state index contributed by atoms with van der Waals surface area (Å²) in [5.41, 5.74) is 1.57. The molecule has 0 unspecified atom stereocenters. The number of carbonyl (C=O) groups is 1. The molecular formula is C17H21N3O2. The SMILES string of the molecule is O=C(c1ccc[nH]1)N1CCN(C[C@H](O)c2ccccc2)CC1. The Hall–Kier alpha value is -2.11. The molecule has 2 aromatic rings. The molecule has 0 radical (unpaired) electrons. The van der Waals surface area contributed by atoms with Crippen molar-refractivity contribution < 1.29 is 9.90 Å². The van der Waals surface area contributed by atoms with E-state index in [2.05, 4.69) is 9.88 Å². The number of H-pyrrole nitrogens is 1. The van der Waals surface area contributed by atoms with Gasteiger partial charge in [-0.1, -0.05) is 30.3 Å². The summed E-state index contributed by atoms with van der Waals surface area (Å²) in [7, 11) is 0. The molecule has 2 N–H and O–H groups in total. The molecule has 116 valence electrons. The summed E-state index contributed by atoms with van der Waals surface area (Å²) in [5, 5.41) is 10.3. The van der Waals surface area contributed by atoms with E-state index in [1.54, 1.807) is 12.3 Å². The lowest BCUT2D eigenvalue weighted by atomic mass is 10.1. The summed E-state index contributed by atoms with van der Waals surface area (Å²) in [5.74, 6) is 0.0493. The topological polar surface area (TPSA) is 59.6 Å². The van der Waals surface area contributed by atoms with E-state index in [-0.39, 0.29) is 5.91 Å². The summed E-state index contributed by atoms with van der Waals surface area (Å²) in [6.07, 6.45) is 1.28. The first-order valence-electron chi connectivity index (χ1n) is 7.62. The first kappa shape index (κ1) is 14.8. The third-order valence-corrected chi connectivity index (χ3v) is 4.10. The second-order valence-corrected chi connectivity index (χ2v) is 5.60. The van der Waals surface area contributed by atoms with Crippen molar-refractivity contribution in [3.8, 4) is 0 Å². The molecule has 3 rings (SSSR count). The predicted octanol–water partition coefficient (Wildman–Crippen LogP) is 1.51. The van der Waals surface area contributed by atoms with Gasteiger partial charge in [0.15, 0.2) is 0 Å². The third-order valence-electron chi connectivity index (χ3n) is 4.10. The van der Waals surface area contributed by atoms with Crippen molar-refractivity contribution in [1.29, 1.82) is 0 Å². The molecule has 22 heavy (non-hydrogen) atoms. The Balaban J connectivity index is 1.51. The van der Waals surface area contributed by atoms with E-state index >= 15 is 0 Å². The lowest BCUT2D eigenvalue weighted by molar-refractivity contribution is 0.0523. The van der Waals surface area contributed by atoms with Gasteiger partial charge >= 0.3 is 0 Å². The van der Waals surface area contributed by atoms with E-state index in [1.165, 1.54) is 0 Å². The molecular weight excluding hydrogens is 278 g/mol. The van der Waals surface area contributed by atoms with Crippen molar-refractivity contribution in [3.05, 3.63) is 59.9 Å². The van der Waals surface area contributed by atoms with Crippen LogP contribution in [0.15, 0.2) is 48.7 Å². The lowest BCUT2D eigenvalue weighted by Gasteiger charge is -2.35. The normalized spacial score (nSPS) is 17.4. The Bertz CT molecular complexity index is 590. The van der Waals surface area contributed by atoms with E-state index < -0.39 is 6.10 Å². The smallest absolute Gasteiger partial charge is 0.270 e. The maximum absolute atomic E-state index is 12.2. The van der Waals surface area contributed by atoms with Crippen molar-refractivity contribution in [2.24, 2.45) is 0 Å². The molecule has 1 aliphatic heterocycles. The molecule has 2 heterocycles. The Morgan fingerprint density at radius 2 is 1.82 bits per heavy atom. The maximum Gasteiger partial charge on any atom is 0.270 e. The number of hydrogen-bond donors (Lipinski definition) is 2. The molecule has 1 aromatic carbocycles. The van der Waals surface area contributed by atoms with Crippen molar-refractivity contribution in [2.45, 2.75) is 6.10 Å². The average molecular weight is 299 g/mol. The summed E-state index contributed by atoms with van der Waals surface area (Å²) in [6.45, 7) is 3.57. The molecule has 5 heteroatoms. The molecule has 5 nitrogen and oxygen atoms in total. The van der Waals surface area contributed by atoms with E-state index in [1.807, 2.05) is 41.3 Å². The number of amides is 1. The van der Waals surface area contributed by atoms with Gasteiger partial charge in [-0.25, -0.2) is 0 Å². The summed E-state index contributed by atoms with van der Waals surface area (Å²) >= 11 is 0. The number of aliphatic hydroxyl groups is 1. The number of hydrogen-bond acceptors (Lipinski definition) is 3. The van der Waals surface area contributed by atoms with Gasteiger partial charge in [0.05, 0.1) is 6.10 Å². The fourth-order valence-corrected chi connectivity index (χ4v) is 2.79. The van der Waals surface area contributed by atoms with Crippen LogP contribution in [-0.4, -0.2) is 58.5 Å². The van der Waals surface area contributed by atoms with Crippen LogP contribution in [0.25, 0.3) is 0 Å². The minimum absolute atomic E-state index is 0.0493. The third kappa shape index (κ3) is 3.37. The van der Waals surface area contributed by atoms with E-state index in [0.717, 1.165) is 18.7 Å². The van der Waals surface area contributed by atoms with Crippen LogP contribution < -0.4 is 0 Å². The number of nitrogens with one attached hydrogen (secondary N) is 1. The van der Waals surface area contributed by atoms with Crippen molar-refractivity contribution in [1.82, 2.24) is 14.8 Å². The maximum atomic E-state index is 12.2. The zero-order chi connectivity index (χ0) is 15.4. The minimum Gasteiger partial charge on any atom is -0.387 e. The number of rotatable bonds is 4. The molecule has 1 aliphatic rings. The van der Waals surface area contributed by atoms with Gasteiger partial charge in [-0.2, -0.15) is 0 Å². The van der Waals surface area contributed by atoms with Crippen LogP contribution in [0.1, 0.15) is 22.2 Å². The van der Waals surface area contributed by atoms with Gasteiger partial charge < -0.3 is 15.0 Å². The van der Waals surface area contributed by atoms with Crippen LogP contribution in [0.4, 0.5) is 0 Å². The predicted molar refractivity (Wildman–Crippen MR) is 84.5 cm³/mol. The molecule has 0 spiro atoms. The van der Waals surface area contributed by atoms with Crippen molar-refractivity contribution in [3.63, 3.8) is 0 Å². The lowest BCUT2D eigenvalue weighted by Crippen LogP contribution is -2.49. The van der Waals surface area contributed by atoms with Gasteiger partial charge in [0.1, 0.15) is 5.69 Å². The van der Waals surface area contributed by atoms with E-state index in [0.29, 0.717) is 25.3 Å². The van der Waals surface area contributed by atoms with Gasteiger partial charge in [-0.3, -0.25) is 9.69 Å². The zero-order valence-corrected chi connectivity index (χ0v) is 12.5. The monoisotopic (exact) mass is 299 g/mol. The van der Waals surface area contributed by atoms with Crippen LogP contribution in [0.2, 0.25) is 0 Å². The average Bonchev–Trinajstić information content (AvgIpc) is 3.10. The second kappa shape index (κ2) is 6.77. The van der Waals surface area contributed by atoms with Crippen LogP contribution in [0.5, 0.6) is 0 Å². The molecule has 0 saturated carbocycles. The highest BCUT2D eigenvalue weighted by molar-refractivity contribution is 5.92. The highest BCUT2D eigenvalue weighted by atomic mass is 16.3. The van der Waals surface area contributed by atoms with Crippen LogP contribution in [0.3, 0.4) is 0 Å². The fourth-order valence-electron chi connectivity index (χ4n) is 2.79. The highest BCUT2D eigenvalue weighted by Gasteiger charge is 2.23. The molecule has 1 amide bonds. The van der Waals surface area contributed by atoms with Crippen LogP contribution in [-0.2, 0) is 0 Å². The van der Waals surface area contributed by atoms with Crippen molar-refractivity contribution >= 4 is 5.91 Å². The molecule has 1 atom stereocenters. The zero-order valence-electron chi connectivity index (χ0n) is 12.5. The van der Waals surface area contributed by atoms with Gasteiger partial charge in [-0.05, 0) is 17.7 Å². The molecule has 1 saturated heterocycles. The van der Waals surface area contributed by atoms with Gasteiger partial charge in [0.25, 0.3) is 5.91 Å². The number of benzene rings is 1. The number of aliphatic hydroxyl groups excluding tert-OH is 1. The first-order valence-corrected chi connectivity index (χ1v) is 7.62. The Kier molecular flexibility index (Phi) is 4.56. The first-order chi connectivity index (χ1) is 10.7. The van der Waals surface area contributed by atoms with E-state index in [9.17, 15) is 9.90 Å². The number of aromatic nitrogens is 1. The highest BCUT2D eigenvalue weighted by Crippen LogP contribution is 2.15. The van der Waals surface area contributed by atoms with Gasteiger partial charge in [0.2, 0.25) is 0 Å². The molecule has 1 aromatic heterocycles. The molecule has 0 aliphatic carbocycles. The number of nitrogens with zero attached hydrogens (tertiary/aromatic N) is 2. The Labute approximate surface area is 130 Å². The summed E-state index contributed by atoms with van der Waals surface area (Å²) in [6, 6.07) is 13.3. The molecule has 1 fully saturated rings. The summed E-state index contributed by atoms with van der Waals surface area (Å²) in [4.78, 5) is 19.3. The minimum atomic E-state index is -0.480.